The zero-order valence-corrected chi connectivity index (χ0v) is 12.8. The first-order valence-electron chi connectivity index (χ1n) is 7.04. The van der Waals surface area contributed by atoms with Crippen molar-refractivity contribution in [2.45, 2.75) is 36.6 Å². The van der Waals surface area contributed by atoms with Gasteiger partial charge in [-0.15, -0.1) is 0 Å². The van der Waals surface area contributed by atoms with Crippen LogP contribution in [-0.2, 0) is 0 Å². The molecule has 20 heavy (non-hydrogen) atoms. The van der Waals surface area contributed by atoms with Gasteiger partial charge in [-0.05, 0) is 24.3 Å². The molecule has 2 aromatic rings. The van der Waals surface area contributed by atoms with E-state index in [0.717, 1.165) is 23.6 Å². The second-order valence-electron chi connectivity index (χ2n) is 5.26. The summed E-state index contributed by atoms with van der Waals surface area (Å²) in [5.74, 6) is -0.0712. The predicted molar refractivity (Wildman–Crippen MR) is 84.2 cm³/mol. The Hall–Kier alpha value is -1.42. The Balaban J connectivity index is 1.85. The van der Waals surface area contributed by atoms with Crippen LogP contribution in [0, 0.1) is 0 Å². The minimum atomic E-state index is -0.0712. The van der Waals surface area contributed by atoms with E-state index >= 15 is 0 Å². The molecular weight excluding hydrogens is 316 g/mol. The Kier molecular flexibility index (Phi) is 4.01. The van der Waals surface area contributed by atoms with Gasteiger partial charge in [0.1, 0.15) is 5.69 Å². The van der Waals surface area contributed by atoms with E-state index in [1.807, 2.05) is 30.3 Å². The molecule has 4 heteroatoms. The molecule has 1 aliphatic rings. The van der Waals surface area contributed by atoms with Crippen molar-refractivity contribution in [3.8, 4) is 0 Å². The molecule has 0 radical (unpaired) electrons. The zero-order valence-electron chi connectivity index (χ0n) is 11.2. The smallest absolute Gasteiger partial charge is 0.270 e. The number of amides is 1. The van der Waals surface area contributed by atoms with E-state index in [9.17, 15) is 4.79 Å². The number of carbonyl (C=O) groups is 1. The van der Waals surface area contributed by atoms with E-state index in [4.69, 9.17) is 0 Å². The van der Waals surface area contributed by atoms with E-state index in [2.05, 4.69) is 26.2 Å². The summed E-state index contributed by atoms with van der Waals surface area (Å²) in [4.78, 5) is 17.1. The minimum Gasteiger partial charge on any atom is -0.347 e. The molecule has 1 fully saturated rings. The Morgan fingerprint density at radius 1 is 1.20 bits per heavy atom. The lowest BCUT2D eigenvalue weighted by molar-refractivity contribution is 0.0926. The van der Waals surface area contributed by atoms with Crippen molar-refractivity contribution in [2.24, 2.45) is 0 Å². The highest BCUT2D eigenvalue weighted by Gasteiger charge is 2.25. The molecule has 2 unspecified atom stereocenters. The van der Waals surface area contributed by atoms with E-state index in [1.165, 1.54) is 12.8 Å². The number of halogens is 1. The van der Waals surface area contributed by atoms with Gasteiger partial charge in [0.25, 0.3) is 5.91 Å². The summed E-state index contributed by atoms with van der Waals surface area (Å²) in [6.45, 7) is 0. The second-order valence-corrected chi connectivity index (χ2v) is 6.44. The summed E-state index contributed by atoms with van der Waals surface area (Å²) < 4.78 is 0. The highest BCUT2D eigenvalue weighted by atomic mass is 79.9. The maximum Gasteiger partial charge on any atom is 0.270 e. The molecule has 3 nitrogen and oxygen atoms in total. The Labute approximate surface area is 126 Å². The first-order chi connectivity index (χ1) is 9.75. The number of pyridine rings is 1. The average Bonchev–Trinajstić information content (AvgIpc) is 2.49. The van der Waals surface area contributed by atoms with Gasteiger partial charge in [-0.3, -0.25) is 9.78 Å². The maximum absolute atomic E-state index is 12.5. The number of benzene rings is 1. The van der Waals surface area contributed by atoms with Gasteiger partial charge in [0, 0.05) is 22.5 Å². The Morgan fingerprint density at radius 2 is 2.00 bits per heavy atom. The van der Waals surface area contributed by atoms with Crippen LogP contribution in [0.1, 0.15) is 36.2 Å². The van der Waals surface area contributed by atoms with Crippen LogP contribution in [0.2, 0.25) is 0 Å². The van der Waals surface area contributed by atoms with Gasteiger partial charge in [0.2, 0.25) is 0 Å². The van der Waals surface area contributed by atoms with E-state index < -0.39 is 0 Å². The molecule has 0 saturated heterocycles. The number of nitrogens with zero attached hydrogens (tertiary/aromatic N) is 1. The Morgan fingerprint density at radius 3 is 2.85 bits per heavy atom. The van der Waals surface area contributed by atoms with Gasteiger partial charge < -0.3 is 5.32 Å². The van der Waals surface area contributed by atoms with Crippen molar-refractivity contribution in [1.82, 2.24) is 10.3 Å². The first kappa shape index (κ1) is 13.6. The third-order valence-corrected chi connectivity index (χ3v) is 4.98. The first-order valence-corrected chi connectivity index (χ1v) is 7.96. The molecule has 1 aromatic carbocycles. The number of hydrogen-bond donors (Lipinski definition) is 1. The minimum absolute atomic E-state index is 0.0712. The highest BCUT2D eigenvalue weighted by molar-refractivity contribution is 9.09. The molecule has 2 atom stereocenters. The monoisotopic (exact) mass is 332 g/mol. The maximum atomic E-state index is 12.5. The standard InChI is InChI=1S/C16H17BrN2O/c17-13-7-3-4-8-14(13)19-16(20)15-12-6-2-1-5-11(12)9-10-18-15/h1-2,5-6,9-10,13-14H,3-4,7-8H2,(H,19,20). The lowest BCUT2D eigenvalue weighted by Gasteiger charge is -2.28. The number of carbonyl (C=O) groups excluding carboxylic acids is 1. The van der Waals surface area contributed by atoms with Crippen molar-refractivity contribution in [3.05, 3.63) is 42.2 Å². The van der Waals surface area contributed by atoms with Crippen molar-refractivity contribution in [2.75, 3.05) is 0 Å². The van der Waals surface area contributed by atoms with Crippen LogP contribution >= 0.6 is 15.9 Å². The summed E-state index contributed by atoms with van der Waals surface area (Å²) in [6, 6.07) is 10.00. The predicted octanol–water partition coefficient (Wildman–Crippen LogP) is 3.67. The van der Waals surface area contributed by atoms with Gasteiger partial charge in [0.15, 0.2) is 0 Å². The SMILES string of the molecule is O=C(NC1CCCCC1Br)c1nccc2ccccc12. The van der Waals surface area contributed by atoms with Gasteiger partial charge in [-0.2, -0.15) is 0 Å². The van der Waals surface area contributed by atoms with Crippen LogP contribution in [0.3, 0.4) is 0 Å². The largest absolute Gasteiger partial charge is 0.347 e. The molecule has 1 aromatic heterocycles. The molecular formula is C16H17BrN2O. The molecule has 1 N–H and O–H groups in total. The summed E-state index contributed by atoms with van der Waals surface area (Å²) in [6.07, 6.45) is 6.26. The van der Waals surface area contributed by atoms with Gasteiger partial charge >= 0.3 is 0 Å². The number of nitrogens with one attached hydrogen (secondary N) is 1. The fraction of sp³-hybridized carbons (Fsp3) is 0.375. The van der Waals surface area contributed by atoms with Gasteiger partial charge in [0.05, 0.1) is 0 Å². The molecule has 1 saturated carbocycles. The van der Waals surface area contributed by atoms with Crippen LogP contribution < -0.4 is 5.32 Å². The van der Waals surface area contributed by atoms with Crippen molar-refractivity contribution >= 4 is 32.6 Å². The van der Waals surface area contributed by atoms with E-state index in [-0.39, 0.29) is 11.9 Å². The van der Waals surface area contributed by atoms with E-state index in [0.29, 0.717) is 10.5 Å². The number of alkyl halides is 1. The van der Waals surface area contributed by atoms with Crippen LogP contribution in [0.25, 0.3) is 10.8 Å². The van der Waals surface area contributed by atoms with Crippen molar-refractivity contribution < 1.29 is 4.79 Å². The molecule has 0 bridgehead atoms. The average molecular weight is 333 g/mol. The lowest BCUT2D eigenvalue weighted by Crippen LogP contribution is -2.42. The lowest BCUT2D eigenvalue weighted by atomic mass is 9.95. The Bertz CT molecular complexity index is 623. The molecule has 0 spiro atoms. The van der Waals surface area contributed by atoms with Crippen LogP contribution in [0.15, 0.2) is 36.5 Å². The highest BCUT2D eigenvalue weighted by Crippen LogP contribution is 2.25. The van der Waals surface area contributed by atoms with Crippen LogP contribution in [0.4, 0.5) is 0 Å². The molecule has 0 aliphatic heterocycles. The molecule has 3 rings (SSSR count). The molecule has 104 valence electrons. The summed E-state index contributed by atoms with van der Waals surface area (Å²) in [5, 5.41) is 5.09. The van der Waals surface area contributed by atoms with Gasteiger partial charge in [-0.25, -0.2) is 0 Å². The fourth-order valence-electron chi connectivity index (χ4n) is 2.79. The normalized spacial score (nSPS) is 22.6. The van der Waals surface area contributed by atoms with Crippen LogP contribution in [0.5, 0.6) is 0 Å². The van der Waals surface area contributed by atoms with E-state index in [1.54, 1.807) is 6.20 Å². The number of rotatable bonds is 2. The zero-order chi connectivity index (χ0) is 13.9. The quantitative estimate of drug-likeness (QED) is 0.852. The summed E-state index contributed by atoms with van der Waals surface area (Å²) in [5.41, 5.74) is 0.522. The van der Waals surface area contributed by atoms with Crippen LogP contribution in [-0.4, -0.2) is 21.8 Å². The summed E-state index contributed by atoms with van der Waals surface area (Å²) >= 11 is 3.67. The molecule has 1 heterocycles. The number of aromatic nitrogens is 1. The fourth-order valence-corrected chi connectivity index (χ4v) is 3.51. The third kappa shape index (κ3) is 2.70. The number of hydrogen-bond acceptors (Lipinski definition) is 2. The van der Waals surface area contributed by atoms with Crippen molar-refractivity contribution in [3.63, 3.8) is 0 Å². The van der Waals surface area contributed by atoms with Crippen molar-refractivity contribution in [1.29, 1.82) is 0 Å². The summed E-state index contributed by atoms with van der Waals surface area (Å²) in [7, 11) is 0. The topological polar surface area (TPSA) is 42.0 Å². The van der Waals surface area contributed by atoms with Gasteiger partial charge in [-0.1, -0.05) is 53.0 Å². The molecule has 1 aliphatic carbocycles. The second kappa shape index (κ2) is 5.92. The third-order valence-electron chi connectivity index (χ3n) is 3.89. The number of fused-ring (bicyclic) bond motifs is 1. The molecule has 1 amide bonds.